The van der Waals surface area contributed by atoms with Gasteiger partial charge in [0.2, 0.25) is 5.91 Å². The minimum atomic E-state index is -0.0343. The SMILES string of the molecule is [CH2]C(=O)N1CCCN(CC)CC1. The summed E-state index contributed by atoms with van der Waals surface area (Å²) in [7, 11) is 0. The van der Waals surface area contributed by atoms with Gasteiger partial charge >= 0.3 is 0 Å². The summed E-state index contributed by atoms with van der Waals surface area (Å²) in [6, 6.07) is 0. The number of hydrogen-bond acceptors (Lipinski definition) is 2. The maximum Gasteiger partial charge on any atom is 0.223 e. The maximum atomic E-state index is 10.9. The quantitative estimate of drug-likeness (QED) is 0.566. The molecule has 0 aliphatic carbocycles. The van der Waals surface area contributed by atoms with Gasteiger partial charge in [0.15, 0.2) is 0 Å². The number of hydrogen-bond donors (Lipinski definition) is 0. The summed E-state index contributed by atoms with van der Waals surface area (Å²) in [4.78, 5) is 15.1. The summed E-state index contributed by atoms with van der Waals surface area (Å²) in [5.74, 6) is -0.0343. The lowest BCUT2D eigenvalue weighted by Gasteiger charge is -2.19. The van der Waals surface area contributed by atoms with E-state index in [-0.39, 0.29) is 5.91 Å². The van der Waals surface area contributed by atoms with E-state index in [2.05, 4.69) is 18.7 Å². The highest BCUT2D eigenvalue weighted by Crippen LogP contribution is 2.02. The number of rotatable bonds is 1. The lowest BCUT2D eigenvalue weighted by atomic mass is 10.4. The molecule has 3 nitrogen and oxygen atoms in total. The Morgan fingerprint density at radius 3 is 2.67 bits per heavy atom. The van der Waals surface area contributed by atoms with E-state index in [0.29, 0.717) is 0 Å². The van der Waals surface area contributed by atoms with E-state index in [1.165, 1.54) is 0 Å². The first kappa shape index (κ1) is 9.52. The van der Waals surface area contributed by atoms with Crippen LogP contribution in [0, 0.1) is 6.92 Å². The summed E-state index contributed by atoms with van der Waals surface area (Å²) in [5.41, 5.74) is 0. The Bertz CT molecular complexity index is 159. The molecule has 12 heavy (non-hydrogen) atoms. The number of nitrogens with zero attached hydrogens (tertiary/aromatic N) is 2. The molecule has 0 aromatic heterocycles. The monoisotopic (exact) mass is 169 g/mol. The molecular weight excluding hydrogens is 152 g/mol. The van der Waals surface area contributed by atoms with Crippen molar-refractivity contribution >= 4 is 5.91 Å². The van der Waals surface area contributed by atoms with Crippen LogP contribution in [0.2, 0.25) is 0 Å². The molecule has 1 fully saturated rings. The Hall–Kier alpha value is -0.570. The van der Waals surface area contributed by atoms with Crippen LogP contribution in [0.3, 0.4) is 0 Å². The molecule has 0 unspecified atom stereocenters. The van der Waals surface area contributed by atoms with Crippen LogP contribution in [-0.2, 0) is 4.79 Å². The highest BCUT2D eigenvalue weighted by Gasteiger charge is 2.14. The second-order valence-corrected chi connectivity index (χ2v) is 3.17. The van der Waals surface area contributed by atoms with E-state index in [1.54, 1.807) is 0 Å². The summed E-state index contributed by atoms with van der Waals surface area (Å²) < 4.78 is 0. The molecular formula is C9H17N2O. The van der Waals surface area contributed by atoms with Gasteiger partial charge in [0, 0.05) is 26.6 Å². The highest BCUT2D eigenvalue weighted by molar-refractivity contribution is 5.80. The minimum Gasteiger partial charge on any atom is -0.341 e. The van der Waals surface area contributed by atoms with Gasteiger partial charge < -0.3 is 9.80 Å². The Kier molecular flexibility index (Phi) is 3.53. The third-order valence-corrected chi connectivity index (χ3v) is 2.39. The predicted octanol–water partition coefficient (Wildman–Crippen LogP) is 0.375. The van der Waals surface area contributed by atoms with E-state index in [0.717, 1.165) is 39.1 Å². The normalized spacial score (nSPS) is 20.7. The van der Waals surface area contributed by atoms with Gasteiger partial charge in [-0.15, -0.1) is 0 Å². The van der Waals surface area contributed by atoms with Crippen LogP contribution in [0.25, 0.3) is 0 Å². The van der Waals surface area contributed by atoms with Gasteiger partial charge in [-0.25, -0.2) is 0 Å². The average molecular weight is 169 g/mol. The largest absolute Gasteiger partial charge is 0.341 e. The average Bonchev–Trinajstić information content (AvgIpc) is 2.28. The van der Waals surface area contributed by atoms with Crippen LogP contribution in [0.4, 0.5) is 0 Å². The molecule has 69 valence electrons. The zero-order valence-electron chi connectivity index (χ0n) is 7.75. The van der Waals surface area contributed by atoms with Crippen LogP contribution in [0.1, 0.15) is 13.3 Å². The van der Waals surface area contributed by atoms with E-state index >= 15 is 0 Å². The second-order valence-electron chi connectivity index (χ2n) is 3.17. The summed E-state index contributed by atoms with van der Waals surface area (Å²) in [6.45, 7) is 10.5. The summed E-state index contributed by atoms with van der Waals surface area (Å²) in [5, 5.41) is 0. The first-order valence-corrected chi connectivity index (χ1v) is 4.57. The molecule has 0 bridgehead atoms. The smallest absolute Gasteiger partial charge is 0.223 e. The molecule has 0 spiro atoms. The number of carbonyl (C=O) groups is 1. The molecule has 0 saturated carbocycles. The molecule has 3 heteroatoms. The van der Waals surface area contributed by atoms with Gasteiger partial charge in [-0.2, -0.15) is 0 Å². The molecule has 1 saturated heterocycles. The van der Waals surface area contributed by atoms with Gasteiger partial charge in [0.25, 0.3) is 0 Å². The van der Waals surface area contributed by atoms with Crippen molar-refractivity contribution in [1.82, 2.24) is 9.80 Å². The third kappa shape index (κ3) is 2.48. The number of likely N-dealkylation sites (N-methyl/N-ethyl adjacent to an activating group) is 1. The van der Waals surface area contributed by atoms with Crippen molar-refractivity contribution in [3.63, 3.8) is 0 Å². The molecule has 1 amide bonds. The van der Waals surface area contributed by atoms with Gasteiger partial charge in [-0.05, 0) is 19.5 Å². The first-order valence-electron chi connectivity index (χ1n) is 4.57. The fourth-order valence-corrected chi connectivity index (χ4v) is 1.54. The first-order chi connectivity index (χ1) is 5.74. The van der Waals surface area contributed by atoms with Crippen LogP contribution in [0.5, 0.6) is 0 Å². The zero-order valence-corrected chi connectivity index (χ0v) is 7.75. The van der Waals surface area contributed by atoms with E-state index in [4.69, 9.17) is 0 Å². The van der Waals surface area contributed by atoms with Crippen LogP contribution in [0.15, 0.2) is 0 Å². The minimum absolute atomic E-state index is 0.0343. The Morgan fingerprint density at radius 1 is 1.33 bits per heavy atom. The molecule has 1 heterocycles. The molecule has 1 rings (SSSR count). The van der Waals surface area contributed by atoms with Gasteiger partial charge in [-0.1, -0.05) is 6.92 Å². The Balaban J connectivity index is 2.39. The van der Waals surface area contributed by atoms with Crippen molar-refractivity contribution in [2.75, 3.05) is 32.7 Å². The molecule has 0 N–H and O–H groups in total. The van der Waals surface area contributed by atoms with Crippen LogP contribution >= 0.6 is 0 Å². The van der Waals surface area contributed by atoms with Gasteiger partial charge in [-0.3, -0.25) is 4.79 Å². The maximum absolute atomic E-state index is 10.9. The molecule has 0 atom stereocenters. The Labute approximate surface area is 74.3 Å². The molecule has 0 aromatic carbocycles. The fraction of sp³-hybridized carbons (Fsp3) is 0.778. The van der Waals surface area contributed by atoms with Crippen LogP contribution < -0.4 is 0 Å². The third-order valence-electron chi connectivity index (χ3n) is 2.39. The molecule has 1 aliphatic heterocycles. The van der Waals surface area contributed by atoms with Crippen molar-refractivity contribution in [2.24, 2.45) is 0 Å². The van der Waals surface area contributed by atoms with Crippen molar-refractivity contribution in [1.29, 1.82) is 0 Å². The predicted molar refractivity (Wildman–Crippen MR) is 48.7 cm³/mol. The highest BCUT2D eigenvalue weighted by atomic mass is 16.2. The fourth-order valence-electron chi connectivity index (χ4n) is 1.54. The van der Waals surface area contributed by atoms with Crippen LogP contribution in [-0.4, -0.2) is 48.4 Å². The van der Waals surface area contributed by atoms with E-state index in [9.17, 15) is 4.79 Å². The van der Waals surface area contributed by atoms with Gasteiger partial charge in [0.1, 0.15) is 0 Å². The standard InChI is InChI=1S/C9H17N2O/c1-3-10-5-4-6-11(8-7-10)9(2)12/h2-8H2,1H3. The summed E-state index contributed by atoms with van der Waals surface area (Å²) in [6.07, 6.45) is 1.08. The number of carbonyl (C=O) groups excluding carboxylic acids is 1. The van der Waals surface area contributed by atoms with Crippen molar-refractivity contribution < 1.29 is 4.79 Å². The van der Waals surface area contributed by atoms with E-state index < -0.39 is 0 Å². The zero-order chi connectivity index (χ0) is 8.97. The van der Waals surface area contributed by atoms with Crippen molar-refractivity contribution in [3.8, 4) is 0 Å². The van der Waals surface area contributed by atoms with E-state index in [1.807, 2.05) is 4.90 Å². The van der Waals surface area contributed by atoms with Crippen molar-refractivity contribution in [2.45, 2.75) is 13.3 Å². The topological polar surface area (TPSA) is 23.6 Å². The van der Waals surface area contributed by atoms with Gasteiger partial charge in [0.05, 0.1) is 0 Å². The molecule has 1 radical (unpaired) electrons. The van der Waals surface area contributed by atoms with Crippen molar-refractivity contribution in [3.05, 3.63) is 6.92 Å². The number of amides is 1. The molecule has 0 aromatic rings. The molecule has 1 aliphatic rings. The second kappa shape index (κ2) is 4.45. The Morgan fingerprint density at radius 2 is 2.08 bits per heavy atom. The lowest BCUT2D eigenvalue weighted by molar-refractivity contribution is -0.126. The summed E-state index contributed by atoms with van der Waals surface area (Å²) >= 11 is 0. The lowest BCUT2D eigenvalue weighted by Crippen LogP contribution is -2.33.